The molecule has 0 bridgehead atoms. The fourth-order valence-electron chi connectivity index (χ4n) is 3.00. The van der Waals surface area contributed by atoms with Crippen molar-refractivity contribution in [3.8, 4) is 0 Å². The summed E-state index contributed by atoms with van der Waals surface area (Å²) >= 11 is 0. The van der Waals surface area contributed by atoms with E-state index in [9.17, 15) is 4.79 Å². The first-order valence-electron chi connectivity index (χ1n) is 7.75. The van der Waals surface area contributed by atoms with Gasteiger partial charge in [0.1, 0.15) is 5.82 Å². The summed E-state index contributed by atoms with van der Waals surface area (Å²) in [6.07, 6.45) is 2.80. The highest BCUT2D eigenvalue weighted by atomic mass is 16.2. The Morgan fingerprint density at radius 1 is 1.48 bits per heavy atom. The van der Waals surface area contributed by atoms with Crippen LogP contribution < -0.4 is 10.6 Å². The number of hydrogen-bond donors (Lipinski definition) is 2. The standard InChI is InChI=1S/C16H22N4O/c1-2-20-14-8-4-3-6-12(14)19-15(20)9-11-18-16(21)13-7-5-10-17-13/h3-4,6,8,13,17H,2,5,7,9-11H2,1H3,(H,18,21). The zero-order valence-corrected chi connectivity index (χ0v) is 12.4. The molecular formula is C16H22N4O. The van der Waals surface area contributed by atoms with Crippen LogP contribution in [-0.2, 0) is 17.8 Å². The van der Waals surface area contributed by atoms with E-state index in [0.29, 0.717) is 6.54 Å². The summed E-state index contributed by atoms with van der Waals surface area (Å²) in [6, 6.07) is 8.16. The van der Waals surface area contributed by atoms with Crippen LogP contribution in [0.3, 0.4) is 0 Å². The monoisotopic (exact) mass is 286 g/mol. The summed E-state index contributed by atoms with van der Waals surface area (Å²) in [6.45, 7) is 4.61. The molecule has 0 spiro atoms. The molecule has 1 aliphatic heterocycles. The van der Waals surface area contributed by atoms with Gasteiger partial charge in [0.25, 0.3) is 0 Å². The Kier molecular flexibility index (Phi) is 4.20. The Morgan fingerprint density at radius 2 is 2.33 bits per heavy atom. The number of imidazole rings is 1. The molecule has 5 nitrogen and oxygen atoms in total. The number of benzene rings is 1. The number of fused-ring (bicyclic) bond motifs is 1. The molecule has 21 heavy (non-hydrogen) atoms. The van der Waals surface area contributed by atoms with Crippen molar-refractivity contribution in [2.45, 2.75) is 38.8 Å². The SMILES string of the molecule is CCn1c(CCNC(=O)C2CCCN2)nc2ccccc21. The van der Waals surface area contributed by atoms with Crippen molar-refractivity contribution in [2.75, 3.05) is 13.1 Å². The predicted molar refractivity (Wildman–Crippen MR) is 83.1 cm³/mol. The first-order chi connectivity index (χ1) is 10.3. The molecule has 1 aliphatic rings. The van der Waals surface area contributed by atoms with Crippen LogP contribution >= 0.6 is 0 Å². The lowest BCUT2D eigenvalue weighted by atomic mass is 10.2. The van der Waals surface area contributed by atoms with Gasteiger partial charge in [-0.15, -0.1) is 0 Å². The van der Waals surface area contributed by atoms with Crippen molar-refractivity contribution in [3.63, 3.8) is 0 Å². The Balaban J connectivity index is 1.63. The molecule has 2 aromatic rings. The third kappa shape index (κ3) is 2.93. The van der Waals surface area contributed by atoms with Gasteiger partial charge in [-0.3, -0.25) is 4.79 Å². The van der Waals surface area contributed by atoms with Crippen molar-refractivity contribution >= 4 is 16.9 Å². The van der Waals surface area contributed by atoms with Gasteiger partial charge in [0.15, 0.2) is 0 Å². The van der Waals surface area contributed by atoms with Gasteiger partial charge in [-0.1, -0.05) is 12.1 Å². The maximum absolute atomic E-state index is 12.0. The van der Waals surface area contributed by atoms with Gasteiger partial charge >= 0.3 is 0 Å². The second-order valence-corrected chi connectivity index (χ2v) is 5.45. The van der Waals surface area contributed by atoms with Crippen molar-refractivity contribution in [2.24, 2.45) is 0 Å². The van der Waals surface area contributed by atoms with E-state index in [-0.39, 0.29) is 11.9 Å². The average Bonchev–Trinajstić information content (AvgIpc) is 3.14. The molecule has 1 atom stereocenters. The third-order valence-electron chi connectivity index (χ3n) is 4.07. The summed E-state index contributed by atoms with van der Waals surface area (Å²) < 4.78 is 2.22. The van der Waals surface area contributed by atoms with E-state index >= 15 is 0 Å². The molecular weight excluding hydrogens is 264 g/mol. The van der Waals surface area contributed by atoms with Gasteiger partial charge in [0, 0.05) is 19.5 Å². The fourth-order valence-corrected chi connectivity index (χ4v) is 3.00. The van der Waals surface area contributed by atoms with Crippen molar-refractivity contribution in [1.82, 2.24) is 20.2 Å². The Labute approximate surface area is 124 Å². The van der Waals surface area contributed by atoms with E-state index < -0.39 is 0 Å². The first kappa shape index (κ1) is 14.1. The van der Waals surface area contributed by atoms with E-state index in [1.54, 1.807) is 0 Å². The number of hydrogen-bond acceptors (Lipinski definition) is 3. The van der Waals surface area contributed by atoms with Crippen molar-refractivity contribution < 1.29 is 4.79 Å². The normalized spacial score (nSPS) is 18.2. The van der Waals surface area contributed by atoms with Gasteiger partial charge in [0.05, 0.1) is 17.1 Å². The number of aromatic nitrogens is 2. The molecule has 5 heteroatoms. The minimum atomic E-state index is -0.00464. The van der Waals surface area contributed by atoms with Crippen LogP contribution in [0.1, 0.15) is 25.6 Å². The summed E-state index contributed by atoms with van der Waals surface area (Å²) in [4.78, 5) is 16.6. The number of nitrogens with one attached hydrogen (secondary N) is 2. The fraction of sp³-hybridized carbons (Fsp3) is 0.500. The molecule has 1 aromatic heterocycles. The molecule has 1 amide bonds. The smallest absolute Gasteiger partial charge is 0.237 e. The number of carbonyl (C=O) groups excluding carboxylic acids is 1. The number of para-hydroxylation sites is 2. The summed E-state index contributed by atoms with van der Waals surface area (Å²) in [5.74, 6) is 1.16. The average molecular weight is 286 g/mol. The number of rotatable bonds is 5. The Bertz CT molecular complexity index is 628. The van der Waals surface area contributed by atoms with E-state index in [0.717, 1.165) is 43.7 Å². The van der Waals surface area contributed by atoms with Gasteiger partial charge in [-0.2, -0.15) is 0 Å². The number of nitrogens with zero attached hydrogens (tertiary/aromatic N) is 2. The third-order valence-corrected chi connectivity index (χ3v) is 4.07. The van der Waals surface area contributed by atoms with E-state index in [1.165, 1.54) is 5.52 Å². The predicted octanol–water partition coefficient (Wildman–Crippen LogP) is 1.47. The molecule has 0 radical (unpaired) electrons. The van der Waals surface area contributed by atoms with Gasteiger partial charge in [-0.05, 0) is 38.4 Å². The lowest BCUT2D eigenvalue weighted by Gasteiger charge is -2.11. The summed E-state index contributed by atoms with van der Waals surface area (Å²) in [5, 5.41) is 6.23. The molecule has 112 valence electrons. The number of carbonyl (C=O) groups is 1. The highest BCUT2D eigenvalue weighted by Crippen LogP contribution is 2.16. The number of aryl methyl sites for hydroxylation is 1. The van der Waals surface area contributed by atoms with Gasteiger partial charge in [-0.25, -0.2) is 4.98 Å². The molecule has 1 saturated heterocycles. The van der Waals surface area contributed by atoms with Crippen LogP contribution in [0.15, 0.2) is 24.3 Å². The van der Waals surface area contributed by atoms with Crippen LogP contribution in [0.5, 0.6) is 0 Å². The van der Waals surface area contributed by atoms with E-state index in [4.69, 9.17) is 0 Å². The zero-order valence-electron chi connectivity index (χ0n) is 12.4. The minimum Gasteiger partial charge on any atom is -0.354 e. The molecule has 2 N–H and O–H groups in total. The summed E-state index contributed by atoms with van der Waals surface area (Å²) in [7, 11) is 0. The van der Waals surface area contributed by atoms with E-state index in [2.05, 4.69) is 33.2 Å². The lowest BCUT2D eigenvalue weighted by Crippen LogP contribution is -2.41. The van der Waals surface area contributed by atoms with E-state index in [1.807, 2.05) is 18.2 Å². The molecule has 1 fully saturated rings. The molecule has 0 saturated carbocycles. The minimum absolute atomic E-state index is 0.00464. The van der Waals surface area contributed by atoms with Crippen LogP contribution in [-0.4, -0.2) is 34.6 Å². The van der Waals surface area contributed by atoms with Gasteiger partial charge in [0.2, 0.25) is 5.91 Å². The van der Waals surface area contributed by atoms with Crippen LogP contribution in [0.25, 0.3) is 11.0 Å². The van der Waals surface area contributed by atoms with Crippen LogP contribution in [0.4, 0.5) is 0 Å². The molecule has 2 heterocycles. The second-order valence-electron chi connectivity index (χ2n) is 5.45. The maximum atomic E-state index is 12.0. The highest BCUT2D eigenvalue weighted by Gasteiger charge is 2.21. The molecule has 0 aliphatic carbocycles. The Hall–Kier alpha value is -1.88. The first-order valence-corrected chi connectivity index (χ1v) is 7.75. The number of amides is 1. The summed E-state index contributed by atoms with van der Waals surface area (Å²) in [5.41, 5.74) is 2.19. The van der Waals surface area contributed by atoms with Crippen LogP contribution in [0.2, 0.25) is 0 Å². The zero-order chi connectivity index (χ0) is 14.7. The maximum Gasteiger partial charge on any atom is 0.237 e. The Morgan fingerprint density at radius 3 is 3.10 bits per heavy atom. The second kappa shape index (κ2) is 6.26. The van der Waals surface area contributed by atoms with Gasteiger partial charge < -0.3 is 15.2 Å². The topological polar surface area (TPSA) is 59.0 Å². The van der Waals surface area contributed by atoms with Crippen LogP contribution in [0, 0.1) is 0 Å². The molecule has 1 aromatic carbocycles. The molecule has 1 unspecified atom stereocenters. The van der Waals surface area contributed by atoms with Crippen molar-refractivity contribution in [1.29, 1.82) is 0 Å². The largest absolute Gasteiger partial charge is 0.354 e. The quantitative estimate of drug-likeness (QED) is 0.875. The lowest BCUT2D eigenvalue weighted by molar-refractivity contribution is -0.122. The molecule has 3 rings (SSSR count). The highest BCUT2D eigenvalue weighted by molar-refractivity contribution is 5.82. The van der Waals surface area contributed by atoms with Crippen molar-refractivity contribution in [3.05, 3.63) is 30.1 Å².